The normalized spacial score (nSPS) is 12.1. The minimum atomic E-state index is -1.23. The van der Waals surface area contributed by atoms with Gasteiger partial charge in [0.1, 0.15) is 11.5 Å². The van der Waals surface area contributed by atoms with E-state index < -0.39 is 18.0 Å². The quantitative estimate of drug-likeness (QED) is 0.501. The predicted molar refractivity (Wildman–Crippen MR) is 108 cm³/mol. The Morgan fingerprint density at radius 2 is 1.83 bits per heavy atom. The molecule has 1 aromatic carbocycles. The number of carbonyl (C=O) groups excluding carboxylic acids is 2. The van der Waals surface area contributed by atoms with Crippen LogP contribution < -0.4 is 5.73 Å². The Morgan fingerprint density at radius 3 is 2.47 bits per heavy atom. The monoisotopic (exact) mass is 405 g/mol. The molecule has 0 spiro atoms. The first-order valence-electron chi connectivity index (χ1n) is 9.25. The molecule has 0 bridgehead atoms. The third kappa shape index (κ3) is 3.43. The van der Waals surface area contributed by atoms with Crippen LogP contribution in [0, 0.1) is 20.8 Å². The van der Waals surface area contributed by atoms with Gasteiger partial charge in [-0.1, -0.05) is 35.5 Å². The Hall–Kier alpha value is -3.94. The number of pyridine rings is 1. The Morgan fingerprint density at radius 1 is 1.10 bits per heavy atom. The molecular weight excluding hydrogens is 386 g/mol. The fourth-order valence-electron chi connectivity index (χ4n) is 3.37. The van der Waals surface area contributed by atoms with E-state index in [1.807, 2.05) is 13.0 Å². The second-order valence-electron chi connectivity index (χ2n) is 6.93. The van der Waals surface area contributed by atoms with Crippen molar-refractivity contribution in [2.75, 3.05) is 0 Å². The molecule has 1 atom stereocenters. The Bertz CT molecular complexity index is 1260. The van der Waals surface area contributed by atoms with Gasteiger partial charge in [-0.25, -0.2) is 9.78 Å². The molecule has 8 heteroatoms. The number of furan rings is 1. The van der Waals surface area contributed by atoms with Crippen LogP contribution in [0.4, 0.5) is 0 Å². The topological polar surface area (TPSA) is 121 Å². The minimum Gasteiger partial charge on any atom is -0.466 e. The van der Waals surface area contributed by atoms with Crippen LogP contribution in [0.2, 0.25) is 0 Å². The van der Waals surface area contributed by atoms with Crippen LogP contribution in [0.25, 0.3) is 22.4 Å². The largest absolute Gasteiger partial charge is 0.466 e. The van der Waals surface area contributed by atoms with Crippen molar-refractivity contribution < 1.29 is 23.3 Å². The van der Waals surface area contributed by atoms with Gasteiger partial charge in [0.2, 0.25) is 6.10 Å². The number of nitrogens with zero attached hydrogens (tertiary/aromatic N) is 2. The van der Waals surface area contributed by atoms with Gasteiger partial charge in [-0.3, -0.25) is 4.79 Å². The van der Waals surface area contributed by atoms with Crippen molar-refractivity contribution >= 4 is 23.0 Å². The number of fused-ring (bicyclic) bond motifs is 1. The summed E-state index contributed by atoms with van der Waals surface area (Å²) in [5.74, 6) is -0.154. The van der Waals surface area contributed by atoms with E-state index in [1.54, 1.807) is 50.2 Å². The van der Waals surface area contributed by atoms with E-state index in [0.29, 0.717) is 39.4 Å². The number of benzene rings is 1. The summed E-state index contributed by atoms with van der Waals surface area (Å²) in [7, 11) is 0. The number of aryl methyl sites for hydroxylation is 3. The molecule has 0 aliphatic carbocycles. The van der Waals surface area contributed by atoms with Crippen LogP contribution in [-0.4, -0.2) is 22.0 Å². The molecule has 0 radical (unpaired) electrons. The van der Waals surface area contributed by atoms with E-state index in [-0.39, 0.29) is 11.3 Å². The maximum absolute atomic E-state index is 13.1. The Labute approximate surface area is 171 Å². The van der Waals surface area contributed by atoms with Crippen molar-refractivity contribution in [1.29, 1.82) is 0 Å². The summed E-state index contributed by atoms with van der Waals surface area (Å²) >= 11 is 0. The molecule has 1 amide bonds. The number of carbonyl (C=O) groups is 2. The molecule has 3 heterocycles. The first kappa shape index (κ1) is 19.4. The number of ether oxygens (including phenoxy) is 1. The number of rotatable bonds is 5. The summed E-state index contributed by atoms with van der Waals surface area (Å²) in [4.78, 5) is 29.6. The van der Waals surface area contributed by atoms with Crippen LogP contribution in [0.1, 0.15) is 39.2 Å². The van der Waals surface area contributed by atoms with Crippen molar-refractivity contribution in [2.24, 2.45) is 5.73 Å². The molecule has 0 fully saturated rings. The van der Waals surface area contributed by atoms with Crippen LogP contribution in [-0.2, 0) is 9.53 Å². The summed E-state index contributed by atoms with van der Waals surface area (Å²) in [5.41, 5.74) is 7.99. The number of aromatic nitrogens is 2. The van der Waals surface area contributed by atoms with Gasteiger partial charge in [-0.15, -0.1) is 0 Å². The highest BCUT2D eigenvalue weighted by atomic mass is 16.5. The average Bonchev–Trinajstić information content (AvgIpc) is 3.27. The van der Waals surface area contributed by atoms with Crippen molar-refractivity contribution in [2.45, 2.75) is 26.9 Å². The Balaban J connectivity index is 1.80. The highest BCUT2D eigenvalue weighted by Gasteiger charge is 2.27. The lowest BCUT2D eigenvalue weighted by Crippen LogP contribution is -2.26. The van der Waals surface area contributed by atoms with Crippen LogP contribution in [0.3, 0.4) is 0 Å². The second kappa shape index (κ2) is 7.47. The summed E-state index contributed by atoms with van der Waals surface area (Å²) in [6, 6.07) is 12.0. The third-order valence-corrected chi connectivity index (χ3v) is 4.74. The lowest BCUT2D eigenvalue weighted by Gasteiger charge is -2.15. The smallest absolute Gasteiger partial charge is 0.340 e. The molecule has 8 nitrogen and oxygen atoms in total. The molecule has 152 valence electrons. The molecule has 0 aliphatic heterocycles. The van der Waals surface area contributed by atoms with Gasteiger partial charge >= 0.3 is 5.97 Å². The molecule has 0 saturated carbocycles. The zero-order valence-electron chi connectivity index (χ0n) is 16.6. The molecular formula is C22H19N3O5. The predicted octanol–water partition coefficient (Wildman–Crippen LogP) is 3.79. The fraction of sp³-hybridized carbons (Fsp3) is 0.182. The highest BCUT2D eigenvalue weighted by Crippen LogP contribution is 2.31. The van der Waals surface area contributed by atoms with E-state index in [4.69, 9.17) is 19.4 Å². The summed E-state index contributed by atoms with van der Waals surface area (Å²) in [5, 5.41) is 4.33. The SMILES string of the molecule is Cc1cc(-c2cc(C(=O)OC(C(N)=O)c3ccccc3)c3c(C)noc3n2)c(C)o1. The van der Waals surface area contributed by atoms with Gasteiger partial charge < -0.3 is 19.4 Å². The van der Waals surface area contributed by atoms with Gasteiger partial charge in [0.05, 0.1) is 22.3 Å². The van der Waals surface area contributed by atoms with E-state index in [9.17, 15) is 9.59 Å². The maximum Gasteiger partial charge on any atom is 0.340 e. The average molecular weight is 405 g/mol. The summed E-state index contributed by atoms with van der Waals surface area (Å²) in [6.45, 7) is 5.32. The highest BCUT2D eigenvalue weighted by molar-refractivity contribution is 6.05. The number of primary amides is 1. The van der Waals surface area contributed by atoms with E-state index >= 15 is 0 Å². The lowest BCUT2D eigenvalue weighted by atomic mass is 10.1. The molecule has 4 aromatic rings. The first-order chi connectivity index (χ1) is 14.3. The van der Waals surface area contributed by atoms with Gasteiger partial charge in [-0.05, 0) is 32.9 Å². The van der Waals surface area contributed by atoms with Gasteiger partial charge in [0, 0.05) is 11.1 Å². The van der Waals surface area contributed by atoms with Gasteiger partial charge in [-0.2, -0.15) is 0 Å². The van der Waals surface area contributed by atoms with Crippen molar-refractivity contribution in [3.63, 3.8) is 0 Å². The standard InChI is InChI=1S/C22H19N3O5/c1-11-9-15(13(3)28-11)17-10-16(18-12(2)25-30-21(18)24-17)22(27)29-19(20(23)26)14-7-5-4-6-8-14/h4-10,19H,1-3H3,(H2,23,26). The molecule has 0 aliphatic rings. The molecule has 30 heavy (non-hydrogen) atoms. The third-order valence-electron chi connectivity index (χ3n) is 4.74. The number of nitrogens with two attached hydrogens (primary N) is 1. The zero-order chi connectivity index (χ0) is 21.4. The number of hydrogen-bond acceptors (Lipinski definition) is 7. The van der Waals surface area contributed by atoms with E-state index in [2.05, 4.69) is 10.1 Å². The van der Waals surface area contributed by atoms with Crippen LogP contribution >= 0.6 is 0 Å². The van der Waals surface area contributed by atoms with E-state index in [1.165, 1.54) is 0 Å². The minimum absolute atomic E-state index is 0.175. The Kier molecular flexibility index (Phi) is 4.83. The number of esters is 1. The van der Waals surface area contributed by atoms with Gasteiger partial charge in [0.15, 0.2) is 0 Å². The van der Waals surface area contributed by atoms with Crippen molar-refractivity contribution in [1.82, 2.24) is 10.1 Å². The number of hydrogen-bond donors (Lipinski definition) is 1. The van der Waals surface area contributed by atoms with Crippen molar-refractivity contribution in [3.05, 3.63) is 70.8 Å². The van der Waals surface area contributed by atoms with Crippen molar-refractivity contribution in [3.8, 4) is 11.3 Å². The van der Waals surface area contributed by atoms with E-state index in [0.717, 1.165) is 0 Å². The van der Waals surface area contributed by atoms with Crippen LogP contribution in [0.15, 0.2) is 51.4 Å². The molecule has 0 saturated heterocycles. The molecule has 4 rings (SSSR count). The first-order valence-corrected chi connectivity index (χ1v) is 9.25. The second-order valence-corrected chi connectivity index (χ2v) is 6.93. The summed E-state index contributed by atoms with van der Waals surface area (Å²) in [6.07, 6.45) is -1.23. The zero-order valence-corrected chi connectivity index (χ0v) is 16.6. The molecule has 1 unspecified atom stereocenters. The molecule has 2 N–H and O–H groups in total. The maximum atomic E-state index is 13.1. The summed E-state index contributed by atoms with van der Waals surface area (Å²) < 4.78 is 16.4. The lowest BCUT2D eigenvalue weighted by molar-refractivity contribution is -0.127. The van der Waals surface area contributed by atoms with Gasteiger partial charge in [0.25, 0.3) is 11.6 Å². The fourth-order valence-corrected chi connectivity index (χ4v) is 3.37. The van der Waals surface area contributed by atoms with Crippen LogP contribution in [0.5, 0.6) is 0 Å². The molecule has 3 aromatic heterocycles. The number of amides is 1.